The number of rotatable bonds is 11. The molecule has 0 spiro atoms. The van der Waals surface area contributed by atoms with Crippen molar-refractivity contribution < 1.29 is 13.5 Å². The largest absolute Gasteiger partial charge is 0.387 e. The van der Waals surface area contributed by atoms with Gasteiger partial charge in [-0.1, -0.05) is 43.3 Å². The molecular weight excluding hydrogens is 374 g/mol. The predicted octanol–water partition coefficient (Wildman–Crippen LogP) is 2.80. The molecule has 0 saturated heterocycles. The maximum Gasteiger partial charge on any atom is 0.240 e. The van der Waals surface area contributed by atoms with Gasteiger partial charge in [-0.25, -0.2) is 13.6 Å². The molecule has 5 N–H and O–H groups in total. The Morgan fingerprint density at radius 1 is 1.14 bits per heavy atom. The summed E-state index contributed by atoms with van der Waals surface area (Å²) in [6.45, 7) is 5.04. The lowest BCUT2D eigenvalue weighted by Gasteiger charge is -2.19. The molecule has 2 rings (SSSR count). The van der Waals surface area contributed by atoms with Crippen LogP contribution in [0.1, 0.15) is 43.9 Å². The van der Waals surface area contributed by atoms with E-state index in [1.165, 1.54) is 11.6 Å². The molecule has 0 amide bonds. The molecule has 0 aliphatic rings. The monoisotopic (exact) mass is 405 g/mol. The molecule has 0 radical (unpaired) electrons. The number of primary sulfonamides is 1. The molecule has 0 saturated carbocycles. The van der Waals surface area contributed by atoms with E-state index in [1.807, 2.05) is 25.1 Å². The van der Waals surface area contributed by atoms with Crippen LogP contribution in [0.3, 0.4) is 0 Å². The van der Waals surface area contributed by atoms with Gasteiger partial charge >= 0.3 is 0 Å². The first-order chi connectivity index (χ1) is 13.3. The molecule has 2 unspecified atom stereocenters. The fourth-order valence-electron chi connectivity index (χ4n) is 2.95. The summed E-state index contributed by atoms with van der Waals surface area (Å²) in [5.74, 6) is 0. The van der Waals surface area contributed by atoms with Gasteiger partial charge in [-0.3, -0.25) is 0 Å². The Bertz CT molecular complexity index is 841. The highest BCUT2D eigenvalue weighted by atomic mass is 32.2. The van der Waals surface area contributed by atoms with Crippen molar-refractivity contribution >= 4 is 15.7 Å². The van der Waals surface area contributed by atoms with E-state index in [4.69, 9.17) is 5.14 Å². The van der Waals surface area contributed by atoms with Gasteiger partial charge in [0.15, 0.2) is 0 Å². The third kappa shape index (κ3) is 6.91. The highest BCUT2D eigenvalue weighted by molar-refractivity contribution is 7.89. The van der Waals surface area contributed by atoms with E-state index in [1.54, 1.807) is 12.1 Å². The second kappa shape index (κ2) is 10.6. The van der Waals surface area contributed by atoms with Crippen molar-refractivity contribution in [3.63, 3.8) is 0 Å². The zero-order valence-corrected chi connectivity index (χ0v) is 17.4. The Morgan fingerprint density at radius 3 is 2.50 bits per heavy atom. The summed E-state index contributed by atoms with van der Waals surface area (Å²) in [4.78, 5) is 0.00891. The van der Waals surface area contributed by atoms with Gasteiger partial charge in [-0.2, -0.15) is 0 Å². The topological polar surface area (TPSA) is 104 Å². The van der Waals surface area contributed by atoms with E-state index < -0.39 is 16.1 Å². The van der Waals surface area contributed by atoms with Crippen LogP contribution < -0.4 is 15.8 Å². The molecule has 0 fully saturated rings. The normalized spacial score (nSPS) is 13.9. The third-order valence-electron chi connectivity index (χ3n) is 4.63. The minimum atomic E-state index is -3.88. The molecule has 0 aromatic heterocycles. The van der Waals surface area contributed by atoms with Crippen LogP contribution in [0.4, 0.5) is 5.69 Å². The molecular formula is C21H31N3O3S. The Hall–Kier alpha value is -1.93. The predicted molar refractivity (Wildman–Crippen MR) is 114 cm³/mol. The summed E-state index contributed by atoms with van der Waals surface area (Å²) < 4.78 is 23.8. The number of aliphatic hydroxyl groups is 1. The van der Waals surface area contributed by atoms with Gasteiger partial charge < -0.3 is 15.7 Å². The minimum Gasteiger partial charge on any atom is -0.387 e. The van der Waals surface area contributed by atoms with E-state index in [0.29, 0.717) is 24.3 Å². The molecule has 0 aliphatic heterocycles. The van der Waals surface area contributed by atoms with Gasteiger partial charge in [0.25, 0.3) is 0 Å². The van der Waals surface area contributed by atoms with Crippen molar-refractivity contribution in [3.05, 3.63) is 59.7 Å². The molecule has 2 aromatic carbocycles. The van der Waals surface area contributed by atoms with E-state index in [-0.39, 0.29) is 10.9 Å². The Morgan fingerprint density at radius 2 is 1.86 bits per heavy atom. The van der Waals surface area contributed by atoms with Gasteiger partial charge in [0.2, 0.25) is 10.0 Å². The maximum absolute atomic E-state index is 11.9. The van der Waals surface area contributed by atoms with Crippen molar-refractivity contribution in [1.29, 1.82) is 0 Å². The lowest BCUT2D eigenvalue weighted by atomic mass is 10.1. The molecule has 2 aromatic rings. The molecule has 0 bridgehead atoms. The van der Waals surface area contributed by atoms with E-state index >= 15 is 0 Å². The SMILES string of the molecule is CCCNc1ccc(C(O)CNC(C)CCc2ccccc2)cc1S(N)(=O)=O. The zero-order chi connectivity index (χ0) is 20.6. The van der Waals surface area contributed by atoms with Crippen LogP contribution in [0.15, 0.2) is 53.4 Å². The third-order valence-corrected chi connectivity index (χ3v) is 5.58. The molecule has 154 valence electrons. The fraction of sp³-hybridized carbons (Fsp3) is 0.429. The minimum absolute atomic E-state index is 0.00891. The van der Waals surface area contributed by atoms with Crippen molar-refractivity contribution in [3.8, 4) is 0 Å². The van der Waals surface area contributed by atoms with Crippen LogP contribution in [0.25, 0.3) is 0 Å². The Labute approximate surface area is 168 Å². The number of aliphatic hydroxyl groups excluding tert-OH is 1. The molecule has 6 nitrogen and oxygen atoms in total. The van der Waals surface area contributed by atoms with Crippen LogP contribution >= 0.6 is 0 Å². The van der Waals surface area contributed by atoms with Gasteiger partial charge in [-0.05, 0) is 49.4 Å². The van der Waals surface area contributed by atoms with Crippen LogP contribution in [-0.2, 0) is 16.4 Å². The average Bonchev–Trinajstić information content (AvgIpc) is 2.68. The molecule has 7 heteroatoms. The van der Waals surface area contributed by atoms with Gasteiger partial charge in [0.1, 0.15) is 4.90 Å². The summed E-state index contributed by atoms with van der Waals surface area (Å²) in [5, 5.41) is 22.2. The number of sulfonamides is 1. The standard InChI is InChI=1S/C21H31N3O3S/c1-3-13-23-19-12-11-18(14-21(19)28(22,26)27)20(25)15-24-16(2)9-10-17-7-5-4-6-8-17/h4-8,11-12,14,16,20,23-25H,3,9-10,13,15H2,1-2H3,(H2,22,26,27). The van der Waals surface area contributed by atoms with E-state index in [2.05, 4.69) is 29.7 Å². The zero-order valence-electron chi connectivity index (χ0n) is 16.6. The fourth-order valence-corrected chi connectivity index (χ4v) is 3.69. The van der Waals surface area contributed by atoms with E-state index in [9.17, 15) is 13.5 Å². The van der Waals surface area contributed by atoms with Crippen molar-refractivity contribution in [1.82, 2.24) is 5.32 Å². The second-order valence-electron chi connectivity index (χ2n) is 7.08. The number of nitrogens with one attached hydrogen (secondary N) is 2. The molecule has 28 heavy (non-hydrogen) atoms. The number of aryl methyl sites for hydroxylation is 1. The van der Waals surface area contributed by atoms with Crippen molar-refractivity contribution in [2.45, 2.75) is 50.2 Å². The maximum atomic E-state index is 11.9. The number of hydrogen-bond acceptors (Lipinski definition) is 5. The van der Waals surface area contributed by atoms with Crippen LogP contribution in [0.5, 0.6) is 0 Å². The van der Waals surface area contributed by atoms with Crippen LogP contribution in [-0.4, -0.2) is 32.7 Å². The molecule has 0 heterocycles. The number of benzene rings is 2. The van der Waals surface area contributed by atoms with Crippen molar-refractivity contribution in [2.24, 2.45) is 5.14 Å². The first-order valence-corrected chi connectivity index (χ1v) is 11.2. The van der Waals surface area contributed by atoms with E-state index in [0.717, 1.165) is 19.3 Å². The summed E-state index contributed by atoms with van der Waals surface area (Å²) in [6.07, 6.45) is 1.94. The molecule has 2 atom stereocenters. The summed E-state index contributed by atoms with van der Waals surface area (Å²) in [6, 6.07) is 15.3. The highest BCUT2D eigenvalue weighted by Gasteiger charge is 2.18. The van der Waals surface area contributed by atoms with Crippen LogP contribution in [0, 0.1) is 0 Å². The number of hydrogen-bond donors (Lipinski definition) is 4. The Balaban J connectivity index is 1.96. The first-order valence-electron chi connectivity index (χ1n) is 9.67. The lowest BCUT2D eigenvalue weighted by Crippen LogP contribution is -2.31. The number of nitrogens with two attached hydrogens (primary N) is 1. The second-order valence-corrected chi connectivity index (χ2v) is 8.61. The Kier molecular flexibility index (Phi) is 8.44. The van der Waals surface area contributed by atoms with Crippen molar-refractivity contribution in [2.75, 3.05) is 18.4 Å². The average molecular weight is 406 g/mol. The first kappa shape index (κ1) is 22.4. The highest BCUT2D eigenvalue weighted by Crippen LogP contribution is 2.25. The smallest absolute Gasteiger partial charge is 0.240 e. The number of anilines is 1. The van der Waals surface area contributed by atoms with Gasteiger partial charge in [0.05, 0.1) is 11.8 Å². The quantitative estimate of drug-likeness (QED) is 0.460. The van der Waals surface area contributed by atoms with Gasteiger partial charge in [0, 0.05) is 19.1 Å². The summed E-state index contributed by atoms with van der Waals surface area (Å²) >= 11 is 0. The summed E-state index contributed by atoms with van der Waals surface area (Å²) in [7, 11) is -3.88. The summed E-state index contributed by atoms with van der Waals surface area (Å²) in [5.41, 5.74) is 2.27. The molecule has 0 aliphatic carbocycles. The van der Waals surface area contributed by atoms with Gasteiger partial charge in [-0.15, -0.1) is 0 Å². The van der Waals surface area contributed by atoms with Crippen LogP contribution in [0.2, 0.25) is 0 Å². The lowest BCUT2D eigenvalue weighted by molar-refractivity contribution is 0.170.